The van der Waals surface area contributed by atoms with Crippen LogP contribution in [0, 0.1) is 5.82 Å². The van der Waals surface area contributed by atoms with Crippen molar-refractivity contribution in [3.8, 4) is 6.01 Å². The molecule has 5 nitrogen and oxygen atoms in total. The van der Waals surface area contributed by atoms with Crippen LogP contribution < -0.4 is 4.74 Å². The number of pyridine rings is 1. The SMILES string of the molecule is F/C=C1/CN2CCCC2(COc2ncc3cncc(F)c3n2)C1. The van der Waals surface area contributed by atoms with Crippen LogP contribution in [0.25, 0.3) is 10.9 Å². The third-order valence-electron chi connectivity index (χ3n) is 4.74. The first-order valence-electron chi connectivity index (χ1n) is 7.62. The first-order valence-corrected chi connectivity index (χ1v) is 7.62. The molecule has 0 radical (unpaired) electrons. The number of ether oxygens (including phenoxy) is 1. The molecule has 1 unspecified atom stereocenters. The van der Waals surface area contributed by atoms with Crippen molar-refractivity contribution in [3.63, 3.8) is 0 Å². The molecule has 2 saturated heterocycles. The summed E-state index contributed by atoms with van der Waals surface area (Å²) in [6.45, 7) is 1.97. The predicted octanol–water partition coefficient (Wildman–Crippen LogP) is 2.63. The van der Waals surface area contributed by atoms with Crippen LogP contribution in [0.4, 0.5) is 8.78 Å². The Morgan fingerprint density at radius 3 is 3.13 bits per heavy atom. The molecule has 120 valence electrons. The van der Waals surface area contributed by atoms with Gasteiger partial charge in [-0.2, -0.15) is 4.98 Å². The lowest BCUT2D eigenvalue weighted by Gasteiger charge is -2.30. The molecule has 0 saturated carbocycles. The molecule has 0 bridgehead atoms. The Kier molecular flexibility index (Phi) is 3.45. The first kappa shape index (κ1) is 14.4. The van der Waals surface area contributed by atoms with Gasteiger partial charge < -0.3 is 4.74 Å². The highest BCUT2D eigenvalue weighted by Gasteiger charge is 2.47. The molecule has 1 atom stereocenters. The zero-order valence-electron chi connectivity index (χ0n) is 12.5. The molecule has 0 spiro atoms. The summed E-state index contributed by atoms with van der Waals surface area (Å²) < 4.78 is 32.4. The zero-order chi connectivity index (χ0) is 15.9. The number of nitrogens with zero attached hydrogens (tertiary/aromatic N) is 4. The molecule has 7 heteroatoms. The molecule has 2 aliphatic rings. The Morgan fingerprint density at radius 2 is 2.26 bits per heavy atom. The molecule has 0 aliphatic carbocycles. The Balaban J connectivity index is 1.56. The summed E-state index contributed by atoms with van der Waals surface area (Å²) >= 11 is 0. The van der Waals surface area contributed by atoms with Gasteiger partial charge in [-0.3, -0.25) is 9.88 Å². The van der Waals surface area contributed by atoms with Gasteiger partial charge >= 0.3 is 6.01 Å². The summed E-state index contributed by atoms with van der Waals surface area (Å²) in [5.41, 5.74) is 0.805. The van der Waals surface area contributed by atoms with E-state index < -0.39 is 5.82 Å². The van der Waals surface area contributed by atoms with Crippen LogP contribution in [0.3, 0.4) is 0 Å². The van der Waals surface area contributed by atoms with Crippen LogP contribution in [0.2, 0.25) is 0 Å². The minimum Gasteiger partial charge on any atom is -0.461 e. The Labute approximate surface area is 132 Å². The minimum atomic E-state index is -0.501. The third kappa shape index (κ3) is 2.45. The van der Waals surface area contributed by atoms with Gasteiger partial charge in [0, 0.05) is 24.3 Å². The van der Waals surface area contributed by atoms with Crippen molar-refractivity contribution in [3.05, 3.63) is 36.3 Å². The van der Waals surface area contributed by atoms with Gasteiger partial charge in [0.2, 0.25) is 0 Å². The van der Waals surface area contributed by atoms with Gasteiger partial charge in [0.05, 0.1) is 18.1 Å². The van der Waals surface area contributed by atoms with Crippen LogP contribution in [-0.4, -0.2) is 45.1 Å². The molecule has 23 heavy (non-hydrogen) atoms. The highest BCUT2D eigenvalue weighted by Crippen LogP contribution is 2.41. The van der Waals surface area contributed by atoms with Crippen LogP contribution in [0.1, 0.15) is 19.3 Å². The fourth-order valence-corrected chi connectivity index (χ4v) is 3.63. The van der Waals surface area contributed by atoms with E-state index in [-0.39, 0.29) is 17.1 Å². The van der Waals surface area contributed by atoms with E-state index in [1.54, 1.807) is 0 Å². The standard InChI is InChI=1S/C16H16F2N4O/c17-5-11-4-16(2-1-3-22(16)9-11)10-23-15-20-7-12-6-19-8-13(18)14(12)21-15/h5-8H,1-4,9-10H2/b11-5+. The second-order valence-corrected chi connectivity index (χ2v) is 6.19. The predicted molar refractivity (Wildman–Crippen MR) is 80.1 cm³/mol. The molecule has 2 fully saturated rings. The van der Waals surface area contributed by atoms with Crippen molar-refractivity contribution >= 4 is 10.9 Å². The van der Waals surface area contributed by atoms with Gasteiger partial charge in [-0.1, -0.05) is 0 Å². The van der Waals surface area contributed by atoms with Crippen LogP contribution in [0.5, 0.6) is 6.01 Å². The number of hydrogen-bond donors (Lipinski definition) is 0. The van der Waals surface area contributed by atoms with E-state index in [0.29, 0.717) is 31.3 Å². The number of rotatable bonds is 3. The van der Waals surface area contributed by atoms with E-state index in [0.717, 1.165) is 31.2 Å². The molecule has 4 rings (SSSR count). The Hall–Kier alpha value is -2.15. The topological polar surface area (TPSA) is 51.1 Å². The summed E-state index contributed by atoms with van der Waals surface area (Å²) in [5.74, 6) is -0.501. The van der Waals surface area contributed by atoms with Gasteiger partial charge in [-0.15, -0.1) is 0 Å². The molecule has 0 amide bonds. The highest BCUT2D eigenvalue weighted by molar-refractivity contribution is 5.77. The van der Waals surface area contributed by atoms with E-state index >= 15 is 0 Å². The van der Waals surface area contributed by atoms with Crippen molar-refractivity contribution in [2.24, 2.45) is 0 Å². The summed E-state index contributed by atoms with van der Waals surface area (Å²) in [6, 6.07) is 0.140. The number of halogens is 2. The second-order valence-electron chi connectivity index (χ2n) is 6.19. The van der Waals surface area contributed by atoms with Crippen molar-refractivity contribution in [2.75, 3.05) is 19.7 Å². The lowest BCUT2D eigenvalue weighted by molar-refractivity contribution is 0.108. The van der Waals surface area contributed by atoms with Crippen molar-refractivity contribution in [1.29, 1.82) is 0 Å². The van der Waals surface area contributed by atoms with E-state index in [1.807, 2.05) is 0 Å². The van der Waals surface area contributed by atoms with Gasteiger partial charge in [0.25, 0.3) is 0 Å². The first-order chi connectivity index (χ1) is 11.2. The summed E-state index contributed by atoms with van der Waals surface area (Å²) in [5, 5.41) is 0.529. The summed E-state index contributed by atoms with van der Waals surface area (Å²) in [6.07, 6.45) is 7.52. The highest BCUT2D eigenvalue weighted by atomic mass is 19.1. The molecule has 4 heterocycles. The molecule has 2 aromatic rings. The Morgan fingerprint density at radius 1 is 1.35 bits per heavy atom. The lowest BCUT2D eigenvalue weighted by Crippen LogP contribution is -2.43. The van der Waals surface area contributed by atoms with E-state index in [9.17, 15) is 8.78 Å². The third-order valence-corrected chi connectivity index (χ3v) is 4.74. The lowest BCUT2D eigenvalue weighted by atomic mass is 9.94. The quantitative estimate of drug-likeness (QED) is 0.871. The molecule has 2 aromatic heterocycles. The smallest absolute Gasteiger partial charge is 0.317 e. The van der Waals surface area contributed by atoms with Crippen LogP contribution in [-0.2, 0) is 0 Å². The molecular formula is C16H16F2N4O. The summed E-state index contributed by atoms with van der Waals surface area (Å²) in [4.78, 5) is 14.3. The van der Waals surface area contributed by atoms with Crippen LogP contribution >= 0.6 is 0 Å². The van der Waals surface area contributed by atoms with Gasteiger partial charge in [0.15, 0.2) is 5.82 Å². The van der Waals surface area contributed by atoms with Gasteiger partial charge in [-0.05, 0) is 31.4 Å². The van der Waals surface area contributed by atoms with Crippen molar-refractivity contribution < 1.29 is 13.5 Å². The van der Waals surface area contributed by atoms with E-state index in [4.69, 9.17) is 4.74 Å². The maximum Gasteiger partial charge on any atom is 0.317 e. The molecule has 0 N–H and O–H groups in total. The van der Waals surface area contributed by atoms with Crippen LogP contribution in [0.15, 0.2) is 30.5 Å². The average molecular weight is 318 g/mol. The fraction of sp³-hybridized carbons (Fsp3) is 0.438. The van der Waals surface area contributed by atoms with E-state index in [1.165, 1.54) is 12.4 Å². The van der Waals surface area contributed by atoms with Crippen molar-refractivity contribution in [1.82, 2.24) is 19.9 Å². The summed E-state index contributed by atoms with van der Waals surface area (Å²) in [7, 11) is 0. The molecule has 2 aliphatic heterocycles. The Bertz CT molecular complexity index is 782. The maximum absolute atomic E-state index is 13.8. The van der Waals surface area contributed by atoms with Gasteiger partial charge in [0.1, 0.15) is 12.1 Å². The molecule has 0 aromatic carbocycles. The number of fused-ring (bicyclic) bond motifs is 2. The maximum atomic E-state index is 13.8. The average Bonchev–Trinajstić information content (AvgIpc) is 3.10. The monoisotopic (exact) mass is 318 g/mol. The van der Waals surface area contributed by atoms with E-state index in [2.05, 4.69) is 19.9 Å². The zero-order valence-corrected chi connectivity index (χ0v) is 12.5. The van der Waals surface area contributed by atoms with Crippen molar-refractivity contribution in [2.45, 2.75) is 24.8 Å². The minimum absolute atomic E-state index is 0.140. The largest absolute Gasteiger partial charge is 0.461 e. The number of hydrogen-bond acceptors (Lipinski definition) is 5. The number of aromatic nitrogens is 3. The second kappa shape index (κ2) is 5.49. The van der Waals surface area contributed by atoms with Gasteiger partial charge in [-0.25, -0.2) is 13.8 Å². The molecular weight excluding hydrogens is 302 g/mol. The normalized spacial score (nSPS) is 26.1. The fourth-order valence-electron chi connectivity index (χ4n) is 3.63.